The summed E-state index contributed by atoms with van der Waals surface area (Å²) in [5, 5.41) is 2.80. The number of carbonyl (C=O) groups excluding carboxylic acids is 1. The van der Waals surface area contributed by atoms with Crippen LogP contribution in [-0.2, 0) is 13.2 Å². The topological polar surface area (TPSA) is 64.9 Å². The first-order valence-corrected chi connectivity index (χ1v) is 9.95. The molecule has 0 aliphatic carbocycles. The van der Waals surface area contributed by atoms with Crippen molar-refractivity contribution >= 4 is 11.6 Å². The normalized spacial score (nSPS) is 11.0. The van der Waals surface area contributed by atoms with Crippen molar-refractivity contribution in [3.8, 4) is 11.5 Å². The lowest BCUT2D eigenvalue weighted by Crippen LogP contribution is -2.22. The molecule has 0 spiro atoms. The Hall–Kier alpha value is -3.94. The van der Waals surface area contributed by atoms with Gasteiger partial charge in [0.15, 0.2) is 0 Å². The highest BCUT2D eigenvalue weighted by Crippen LogP contribution is 2.17. The number of nitrogens with zero attached hydrogens (tertiary/aromatic N) is 2. The maximum Gasteiger partial charge on any atom is 0.387 e. The van der Waals surface area contributed by atoms with Gasteiger partial charge in [-0.1, -0.05) is 24.3 Å². The van der Waals surface area contributed by atoms with E-state index in [2.05, 4.69) is 15.0 Å². The second-order valence-corrected chi connectivity index (χ2v) is 7.23. The summed E-state index contributed by atoms with van der Waals surface area (Å²) < 4.78 is 36.5. The number of ether oxygens (including phenoxy) is 2. The Bertz CT molecular complexity index is 1220. The van der Waals surface area contributed by atoms with Crippen LogP contribution in [0.5, 0.6) is 11.5 Å². The number of alkyl halides is 2. The molecular weight excluding hydrogens is 416 g/mol. The van der Waals surface area contributed by atoms with E-state index in [1.54, 1.807) is 36.4 Å². The number of aryl methyl sites for hydroxylation is 1. The van der Waals surface area contributed by atoms with Crippen molar-refractivity contribution < 1.29 is 23.0 Å². The zero-order valence-electron chi connectivity index (χ0n) is 17.3. The smallest absolute Gasteiger partial charge is 0.387 e. The van der Waals surface area contributed by atoms with Crippen molar-refractivity contribution in [2.75, 3.05) is 0 Å². The van der Waals surface area contributed by atoms with Gasteiger partial charge in [0.25, 0.3) is 5.91 Å². The van der Waals surface area contributed by atoms with Crippen molar-refractivity contribution in [2.45, 2.75) is 26.7 Å². The Morgan fingerprint density at radius 1 is 1.06 bits per heavy atom. The number of nitrogens with one attached hydrogen (secondary N) is 1. The quantitative estimate of drug-likeness (QED) is 0.432. The number of pyridine rings is 1. The van der Waals surface area contributed by atoms with E-state index >= 15 is 0 Å². The molecule has 0 aliphatic rings. The number of hydrogen-bond donors (Lipinski definition) is 1. The van der Waals surface area contributed by atoms with E-state index in [1.165, 1.54) is 12.1 Å². The van der Waals surface area contributed by atoms with Crippen LogP contribution in [0.1, 0.15) is 27.2 Å². The molecule has 4 rings (SSSR count). The zero-order chi connectivity index (χ0) is 22.5. The highest BCUT2D eigenvalue weighted by molar-refractivity contribution is 5.94. The summed E-state index contributed by atoms with van der Waals surface area (Å²) in [6, 6.07) is 16.9. The fourth-order valence-electron chi connectivity index (χ4n) is 3.18. The molecule has 0 bridgehead atoms. The highest BCUT2D eigenvalue weighted by atomic mass is 19.3. The Morgan fingerprint density at radius 2 is 1.88 bits per heavy atom. The SMILES string of the molecule is Cc1ccc2nc(COc3cccc(C(=O)NCc4ccc(OC(F)F)cc4)c3)cn2c1. The molecule has 0 saturated heterocycles. The van der Waals surface area contributed by atoms with Gasteiger partial charge in [-0.3, -0.25) is 4.79 Å². The molecule has 2 aromatic carbocycles. The number of carbonyl (C=O) groups is 1. The van der Waals surface area contributed by atoms with Crippen molar-refractivity contribution in [2.24, 2.45) is 0 Å². The molecule has 1 amide bonds. The minimum atomic E-state index is -2.87. The van der Waals surface area contributed by atoms with Crippen LogP contribution in [0, 0.1) is 6.92 Å². The average Bonchev–Trinajstić information content (AvgIpc) is 3.19. The summed E-state index contributed by atoms with van der Waals surface area (Å²) >= 11 is 0. The van der Waals surface area contributed by atoms with Gasteiger partial charge in [0.05, 0.1) is 5.69 Å². The molecule has 0 fully saturated rings. The minimum absolute atomic E-state index is 0.0701. The van der Waals surface area contributed by atoms with Crippen molar-refractivity contribution in [1.82, 2.24) is 14.7 Å². The molecular formula is C24H21F2N3O3. The first-order valence-electron chi connectivity index (χ1n) is 9.95. The number of fused-ring (bicyclic) bond motifs is 1. The van der Waals surface area contributed by atoms with E-state index in [0.717, 1.165) is 22.5 Å². The number of halogens is 2. The van der Waals surface area contributed by atoms with Gasteiger partial charge in [-0.05, 0) is 54.4 Å². The van der Waals surface area contributed by atoms with Gasteiger partial charge in [0, 0.05) is 24.5 Å². The predicted octanol–water partition coefficient (Wildman–Crippen LogP) is 4.75. The van der Waals surface area contributed by atoms with Crippen LogP contribution in [-0.4, -0.2) is 21.9 Å². The third-order valence-electron chi connectivity index (χ3n) is 4.73. The Labute approximate surface area is 183 Å². The molecule has 0 saturated carbocycles. The number of benzene rings is 2. The predicted molar refractivity (Wildman–Crippen MR) is 115 cm³/mol. The van der Waals surface area contributed by atoms with E-state index in [0.29, 0.717) is 11.3 Å². The van der Waals surface area contributed by atoms with Gasteiger partial charge in [0.1, 0.15) is 23.8 Å². The molecule has 0 unspecified atom stereocenters. The summed E-state index contributed by atoms with van der Waals surface area (Å²) in [4.78, 5) is 17.0. The van der Waals surface area contributed by atoms with Crippen LogP contribution in [0.4, 0.5) is 8.78 Å². The minimum Gasteiger partial charge on any atom is -0.487 e. The van der Waals surface area contributed by atoms with E-state index in [4.69, 9.17) is 4.74 Å². The van der Waals surface area contributed by atoms with Crippen LogP contribution in [0.3, 0.4) is 0 Å². The largest absolute Gasteiger partial charge is 0.487 e. The van der Waals surface area contributed by atoms with E-state index < -0.39 is 6.61 Å². The molecule has 4 aromatic rings. The molecule has 8 heteroatoms. The third kappa shape index (κ3) is 5.40. The van der Waals surface area contributed by atoms with Crippen LogP contribution in [0.15, 0.2) is 73.1 Å². The van der Waals surface area contributed by atoms with Gasteiger partial charge in [-0.15, -0.1) is 0 Å². The molecule has 164 valence electrons. The van der Waals surface area contributed by atoms with Gasteiger partial charge >= 0.3 is 6.61 Å². The Balaban J connectivity index is 1.33. The number of imidazole rings is 1. The summed E-state index contributed by atoms with van der Waals surface area (Å²) in [5.41, 5.74) is 3.97. The lowest BCUT2D eigenvalue weighted by Gasteiger charge is -2.09. The van der Waals surface area contributed by atoms with Crippen LogP contribution in [0.25, 0.3) is 5.65 Å². The third-order valence-corrected chi connectivity index (χ3v) is 4.73. The van der Waals surface area contributed by atoms with Gasteiger partial charge in [0.2, 0.25) is 0 Å². The summed E-state index contributed by atoms with van der Waals surface area (Å²) in [6.07, 6.45) is 3.91. The van der Waals surface area contributed by atoms with E-state index in [-0.39, 0.29) is 24.8 Å². The van der Waals surface area contributed by atoms with Crippen molar-refractivity contribution in [3.05, 3.63) is 95.4 Å². The highest BCUT2D eigenvalue weighted by Gasteiger charge is 2.09. The number of aromatic nitrogens is 2. The number of amides is 1. The second kappa shape index (κ2) is 9.47. The molecule has 0 atom stereocenters. The summed E-state index contributed by atoms with van der Waals surface area (Å²) in [7, 11) is 0. The van der Waals surface area contributed by atoms with Gasteiger partial charge < -0.3 is 19.2 Å². The molecule has 2 heterocycles. The maximum atomic E-state index is 12.5. The number of hydrogen-bond acceptors (Lipinski definition) is 4. The molecule has 32 heavy (non-hydrogen) atoms. The molecule has 6 nitrogen and oxygen atoms in total. The zero-order valence-corrected chi connectivity index (χ0v) is 17.3. The molecule has 1 N–H and O–H groups in total. The number of rotatable bonds is 8. The van der Waals surface area contributed by atoms with Crippen LogP contribution < -0.4 is 14.8 Å². The van der Waals surface area contributed by atoms with E-state index in [1.807, 2.05) is 35.9 Å². The summed E-state index contributed by atoms with van der Waals surface area (Å²) in [6.45, 7) is -0.325. The summed E-state index contributed by atoms with van der Waals surface area (Å²) in [5.74, 6) is 0.353. The molecule has 2 aromatic heterocycles. The Morgan fingerprint density at radius 3 is 2.66 bits per heavy atom. The van der Waals surface area contributed by atoms with Crippen LogP contribution in [0.2, 0.25) is 0 Å². The van der Waals surface area contributed by atoms with Crippen LogP contribution >= 0.6 is 0 Å². The first-order chi connectivity index (χ1) is 15.5. The first kappa shape index (κ1) is 21.3. The monoisotopic (exact) mass is 437 g/mol. The van der Waals surface area contributed by atoms with Crippen molar-refractivity contribution in [3.63, 3.8) is 0 Å². The fourth-order valence-corrected chi connectivity index (χ4v) is 3.18. The van der Waals surface area contributed by atoms with Gasteiger partial charge in [-0.25, -0.2) is 4.98 Å². The fraction of sp³-hybridized carbons (Fsp3) is 0.167. The average molecular weight is 437 g/mol. The lowest BCUT2D eigenvalue weighted by atomic mass is 10.2. The lowest BCUT2D eigenvalue weighted by molar-refractivity contribution is -0.0498. The van der Waals surface area contributed by atoms with E-state index in [9.17, 15) is 13.6 Å². The standard InChI is InChI=1S/C24H21F2N3O3/c1-16-5-10-22-28-19(14-29(22)13-16)15-31-21-4-2-3-18(11-21)23(30)27-12-17-6-8-20(9-7-17)32-24(25)26/h2-11,13-14,24H,12,15H2,1H3,(H,27,30). The second-order valence-electron chi connectivity index (χ2n) is 7.23. The maximum absolute atomic E-state index is 12.5. The molecule has 0 radical (unpaired) electrons. The molecule has 0 aliphatic heterocycles. The Kier molecular flexibility index (Phi) is 6.30. The van der Waals surface area contributed by atoms with Crippen molar-refractivity contribution in [1.29, 1.82) is 0 Å². The van der Waals surface area contributed by atoms with Gasteiger partial charge in [-0.2, -0.15) is 8.78 Å².